The summed E-state index contributed by atoms with van der Waals surface area (Å²) < 4.78 is 53.4. The van der Waals surface area contributed by atoms with Crippen LogP contribution < -0.4 is 5.48 Å². The maximum absolute atomic E-state index is 12.3. The van der Waals surface area contributed by atoms with Gasteiger partial charge in [-0.15, -0.1) is 0 Å². The number of carbonyl (C=O) groups is 1. The number of hydrogen-bond acceptors (Lipinski definition) is 4. The van der Waals surface area contributed by atoms with Crippen molar-refractivity contribution in [3.63, 3.8) is 0 Å². The van der Waals surface area contributed by atoms with Crippen molar-refractivity contribution in [2.45, 2.75) is 49.4 Å². The molecule has 0 aliphatic heterocycles. The zero-order valence-electron chi connectivity index (χ0n) is 17.7. The lowest BCUT2D eigenvalue weighted by molar-refractivity contribution is -0.135. The maximum atomic E-state index is 12.3. The highest BCUT2D eigenvalue weighted by Gasteiger charge is 2.26. The molecular weight excluding hydrogens is 431 g/mol. The fraction of sp³-hybridized carbons (Fsp3) is 0.409. The molecule has 2 N–H and O–H groups in total. The van der Waals surface area contributed by atoms with Gasteiger partial charge < -0.3 is 4.74 Å². The maximum Gasteiger partial charge on any atom is 0.389 e. The molecule has 31 heavy (non-hydrogen) atoms. The average Bonchev–Trinajstić information content (AvgIpc) is 2.77. The van der Waals surface area contributed by atoms with E-state index in [1.54, 1.807) is 43.5 Å². The lowest BCUT2D eigenvalue weighted by Crippen LogP contribution is -2.33. The molecule has 9 heteroatoms. The van der Waals surface area contributed by atoms with Gasteiger partial charge >= 0.3 is 6.18 Å². The summed E-state index contributed by atoms with van der Waals surface area (Å²) >= 11 is 0. The van der Waals surface area contributed by atoms with E-state index >= 15 is 0 Å². The largest absolute Gasteiger partial charge is 0.389 e. The summed E-state index contributed by atoms with van der Waals surface area (Å²) in [6.07, 6.45) is -4.50. The molecule has 2 aromatic carbocycles. The average molecular weight is 460 g/mol. The van der Waals surface area contributed by atoms with Gasteiger partial charge in [0.1, 0.15) is 5.25 Å². The second-order valence-corrected chi connectivity index (χ2v) is 8.46. The Hall–Kier alpha value is -2.23. The molecule has 0 saturated carbocycles. The molecule has 1 amide bonds. The smallest absolute Gasteiger partial charge is 0.385 e. The third-order valence-corrected chi connectivity index (χ3v) is 5.98. The van der Waals surface area contributed by atoms with Crippen molar-refractivity contribution >= 4 is 16.7 Å². The van der Waals surface area contributed by atoms with Gasteiger partial charge in [0, 0.05) is 25.0 Å². The molecule has 2 rings (SSSR count). The number of alkyl halides is 3. The second kappa shape index (κ2) is 13.2. The first-order valence-corrected chi connectivity index (χ1v) is 10.9. The van der Waals surface area contributed by atoms with Crippen LogP contribution in [0.3, 0.4) is 0 Å². The molecule has 2 atom stereocenters. The van der Waals surface area contributed by atoms with Gasteiger partial charge in [-0.1, -0.05) is 36.4 Å². The summed E-state index contributed by atoms with van der Waals surface area (Å²) in [4.78, 5) is 11.8. The summed E-state index contributed by atoms with van der Waals surface area (Å²) in [5, 5.41) is 7.73. The number of hydroxylamine groups is 1. The van der Waals surface area contributed by atoms with E-state index in [-0.39, 0.29) is 6.42 Å². The van der Waals surface area contributed by atoms with E-state index in [0.717, 1.165) is 23.3 Å². The van der Waals surface area contributed by atoms with Crippen LogP contribution in [-0.2, 0) is 26.8 Å². The molecule has 0 saturated heterocycles. The molecule has 5 nitrogen and oxygen atoms in total. The molecule has 0 bridgehead atoms. The molecule has 0 aromatic heterocycles. The van der Waals surface area contributed by atoms with Gasteiger partial charge in [-0.2, -0.15) is 13.2 Å². The van der Waals surface area contributed by atoms with Crippen molar-refractivity contribution in [1.82, 2.24) is 5.48 Å². The first-order chi connectivity index (χ1) is 14.6. The summed E-state index contributed by atoms with van der Waals surface area (Å²) in [6.45, 7) is 4.23. The summed E-state index contributed by atoms with van der Waals surface area (Å²) in [5.41, 5.74) is 4.06. The third-order valence-electron chi connectivity index (χ3n) is 4.39. The van der Waals surface area contributed by atoms with Crippen LogP contribution in [0, 0.1) is 0 Å². The van der Waals surface area contributed by atoms with Gasteiger partial charge in [0.25, 0.3) is 5.91 Å². The lowest BCUT2D eigenvalue weighted by atomic mass is 10.0. The number of methoxy groups -OCH3 is 1. The van der Waals surface area contributed by atoms with E-state index in [4.69, 9.17) is 5.21 Å². The van der Waals surface area contributed by atoms with Crippen LogP contribution >= 0.6 is 0 Å². The number of nitrogens with one attached hydrogen (secondary N) is 1. The Kier molecular flexibility index (Phi) is 11.4. The van der Waals surface area contributed by atoms with Crippen molar-refractivity contribution in [3.05, 3.63) is 54.1 Å². The molecule has 0 aliphatic rings. The van der Waals surface area contributed by atoms with Crippen LogP contribution in [0.5, 0.6) is 0 Å². The Morgan fingerprint density at radius 3 is 2.00 bits per heavy atom. The van der Waals surface area contributed by atoms with E-state index < -0.39 is 34.6 Å². The SMILES string of the molecule is CC(C(=O)NO)S(=O)c1ccc(-c2ccc(CCCC(F)(F)F)cc2)cc1.CCOC. The summed E-state index contributed by atoms with van der Waals surface area (Å²) in [6, 6.07) is 14.1. The van der Waals surface area contributed by atoms with Crippen molar-refractivity contribution in [2.24, 2.45) is 0 Å². The van der Waals surface area contributed by atoms with Gasteiger partial charge in [0.15, 0.2) is 0 Å². The van der Waals surface area contributed by atoms with Crippen LogP contribution in [0.4, 0.5) is 13.2 Å². The molecule has 0 aliphatic carbocycles. The zero-order chi connectivity index (χ0) is 23.4. The lowest BCUT2D eigenvalue weighted by Gasteiger charge is -2.10. The Bertz CT molecular complexity index is 822. The minimum absolute atomic E-state index is 0.0585. The van der Waals surface area contributed by atoms with Crippen LogP contribution in [-0.4, -0.2) is 40.5 Å². The van der Waals surface area contributed by atoms with Crippen molar-refractivity contribution in [1.29, 1.82) is 0 Å². The molecule has 172 valence electrons. The Morgan fingerprint density at radius 2 is 1.58 bits per heavy atom. The standard InChI is InChI=1S/C19H20F3NO3S.C3H8O/c1-13(18(24)23-25)27(26)17-10-8-16(9-11-17)15-6-4-14(5-7-15)3-2-12-19(20,21)22;1-3-4-2/h4-11,13,25H,2-3,12H2,1H3,(H,23,24);3H2,1-2H3. The van der Waals surface area contributed by atoms with Crippen LogP contribution in [0.2, 0.25) is 0 Å². The highest BCUT2D eigenvalue weighted by atomic mass is 32.2. The number of halogens is 3. The molecule has 0 fully saturated rings. The van der Waals surface area contributed by atoms with Crippen molar-refractivity contribution < 1.29 is 32.1 Å². The molecular formula is C22H28F3NO4S. The molecule has 2 aromatic rings. The number of aryl methyl sites for hydroxylation is 1. The van der Waals surface area contributed by atoms with Gasteiger partial charge in [-0.25, -0.2) is 5.48 Å². The number of hydrogen-bond donors (Lipinski definition) is 2. The van der Waals surface area contributed by atoms with Crippen molar-refractivity contribution in [3.8, 4) is 11.1 Å². The minimum Gasteiger partial charge on any atom is -0.385 e. The summed E-state index contributed by atoms with van der Waals surface area (Å²) in [5.74, 6) is -0.724. The van der Waals surface area contributed by atoms with Gasteiger partial charge in [0.2, 0.25) is 0 Å². The molecule has 0 radical (unpaired) electrons. The predicted octanol–water partition coefficient (Wildman–Crippen LogP) is 4.89. The van der Waals surface area contributed by atoms with Gasteiger partial charge in [-0.05, 0) is 55.5 Å². The number of amides is 1. The Balaban J connectivity index is 0.00000110. The minimum atomic E-state index is -4.13. The topological polar surface area (TPSA) is 75.6 Å². The fourth-order valence-electron chi connectivity index (χ4n) is 2.53. The number of carbonyl (C=O) groups excluding carboxylic acids is 1. The van der Waals surface area contributed by atoms with E-state index in [1.807, 2.05) is 19.1 Å². The van der Waals surface area contributed by atoms with E-state index in [2.05, 4.69) is 4.74 Å². The number of rotatable bonds is 8. The number of benzene rings is 2. The van der Waals surface area contributed by atoms with Crippen LogP contribution in [0.1, 0.15) is 32.3 Å². The zero-order valence-corrected chi connectivity index (χ0v) is 18.6. The van der Waals surface area contributed by atoms with E-state index in [9.17, 15) is 22.2 Å². The highest BCUT2D eigenvalue weighted by molar-refractivity contribution is 7.86. The molecule has 2 unspecified atom stereocenters. The highest BCUT2D eigenvalue weighted by Crippen LogP contribution is 2.25. The number of ether oxygens (including phenoxy) is 1. The Labute approximate surface area is 183 Å². The van der Waals surface area contributed by atoms with Gasteiger partial charge in [-0.3, -0.25) is 14.2 Å². The first-order valence-electron chi connectivity index (χ1n) is 9.72. The quantitative estimate of drug-likeness (QED) is 0.435. The summed E-state index contributed by atoms with van der Waals surface area (Å²) in [7, 11) is 0.0789. The van der Waals surface area contributed by atoms with Crippen LogP contribution in [0.15, 0.2) is 53.4 Å². The van der Waals surface area contributed by atoms with Gasteiger partial charge in [0.05, 0.1) is 10.8 Å². The van der Waals surface area contributed by atoms with E-state index in [1.165, 1.54) is 12.4 Å². The van der Waals surface area contributed by atoms with E-state index in [0.29, 0.717) is 11.3 Å². The normalized spacial score (nSPS) is 13.0. The predicted molar refractivity (Wildman–Crippen MR) is 114 cm³/mol. The van der Waals surface area contributed by atoms with Crippen LogP contribution in [0.25, 0.3) is 11.1 Å². The monoisotopic (exact) mass is 459 g/mol. The molecule has 0 heterocycles. The van der Waals surface area contributed by atoms with Crippen molar-refractivity contribution in [2.75, 3.05) is 13.7 Å². The fourth-order valence-corrected chi connectivity index (χ4v) is 3.59. The third kappa shape index (κ3) is 9.63. The molecule has 0 spiro atoms. The first kappa shape index (κ1) is 26.8. The Morgan fingerprint density at radius 1 is 1.10 bits per heavy atom. The second-order valence-electron chi connectivity index (χ2n) is 6.68.